The van der Waals surface area contributed by atoms with Gasteiger partial charge >= 0.3 is 0 Å². The van der Waals surface area contributed by atoms with Gasteiger partial charge in [-0.1, -0.05) is 0 Å². The number of ether oxygens (including phenoxy) is 1. The molecule has 3 N–H and O–H groups in total. The van der Waals surface area contributed by atoms with Gasteiger partial charge in [0.2, 0.25) is 0 Å². The molecule has 0 radical (unpaired) electrons. The third-order valence-corrected chi connectivity index (χ3v) is 7.03. The van der Waals surface area contributed by atoms with Crippen molar-refractivity contribution in [2.24, 2.45) is 5.92 Å². The molecule has 6 heteroatoms. The van der Waals surface area contributed by atoms with Crippen molar-refractivity contribution >= 4 is 22.4 Å². The number of nitrogens with one attached hydrogen (secondary N) is 1. The number of aromatic nitrogens is 2. The van der Waals surface area contributed by atoms with Crippen LogP contribution >= 0.6 is 0 Å². The molecule has 3 fully saturated rings. The monoisotopic (exact) mass is 381 g/mol. The molecule has 3 aliphatic rings. The molecular formula is C22H31N5O. The van der Waals surface area contributed by atoms with Crippen LogP contribution in [0, 0.1) is 5.92 Å². The van der Waals surface area contributed by atoms with E-state index in [0.29, 0.717) is 18.1 Å². The van der Waals surface area contributed by atoms with Crippen LogP contribution < -0.4 is 11.1 Å². The number of fused-ring (bicyclic) bond motifs is 2. The Bertz CT molecular complexity index is 820. The highest BCUT2D eigenvalue weighted by molar-refractivity contribution is 5.91. The second kappa shape index (κ2) is 7.84. The third kappa shape index (κ3) is 3.55. The van der Waals surface area contributed by atoms with E-state index in [1.165, 1.54) is 44.9 Å². The molecule has 1 aromatic carbocycles. The number of anilines is 2. The molecule has 0 bridgehead atoms. The van der Waals surface area contributed by atoms with Gasteiger partial charge in [-0.2, -0.15) is 0 Å². The lowest BCUT2D eigenvalue weighted by molar-refractivity contribution is -0.0780. The highest BCUT2D eigenvalue weighted by Gasteiger charge is 2.39. The topological polar surface area (TPSA) is 76.3 Å². The second-order valence-corrected chi connectivity index (χ2v) is 8.70. The summed E-state index contributed by atoms with van der Waals surface area (Å²) < 4.78 is 6.00. The molecule has 6 nitrogen and oxygen atoms in total. The Morgan fingerprint density at radius 3 is 2.89 bits per heavy atom. The molecule has 2 aliphatic carbocycles. The number of nitrogens with two attached hydrogens (primary N) is 1. The van der Waals surface area contributed by atoms with Crippen molar-refractivity contribution in [2.75, 3.05) is 30.7 Å². The van der Waals surface area contributed by atoms with Crippen molar-refractivity contribution in [1.82, 2.24) is 14.9 Å². The molecule has 1 saturated heterocycles. The Hall–Kier alpha value is -1.92. The van der Waals surface area contributed by atoms with Crippen LogP contribution in [0.1, 0.15) is 44.9 Å². The molecule has 28 heavy (non-hydrogen) atoms. The van der Waals surface area contributed by atoms with E-state index in [2.05, 4.69) is 20.2 Å². The summed E-state index contributed by atoms with van der Waals surface area (Å²) in [7, 11) is 0. The van der Waals surface area contributed by atoms with Crippen LogP contribution in [-0.4, -0.2) is 52.8 Å². The van der Waals surface area contributed by atoms with Crippen LogP contribution in [0.3, 0.4) is 0 Å². The van der Waals surface area contributed by atoms with E-state index in [4.69, 9.17) is 10.5 Å². The fourth-order valence-electron chi connectivity index (χ4n) is 5.55. The van der Waals surface area contributed by atoms with Crippen LogP contribution in [0.15, 0.2) is 24.5 Å². The van der Waals surface area contributed by atoms with E-state index in [1.807, 2.05) is 18.2 Å². The predicted molar refractivity (Wildman–Crippen MR) is 112 cm³/mol. The van der Waals surface area contributed by atoms with Gasteiger partial charge in [0, 0.05) is 36.2 Å². The molecule has 0 amide bonds. The zero-order valence-corrected chi connectivity index (χ0v) is 16.5. The quantitative estimate of drug-likeness (QED) is 0.790. The molecule has 2 aromatic rings. The van der Waals surface area contributed by atoms with E-state index in [0.717, 1.165) is 48.1 Å². The Balaban J connectivity index is 1.18. The summed E-state index contributed by atoms with van der Waals surface area (Å²) in [5.74, 6) is 1.61. The van der Waals surface area contributed by atoms with Crippen LogP contribution in [0.2, 0.25) is 0 Å². The number of hydrogen-bond acceptors (Lipinski definition) is 6. The van der Waals surface area contributed by atoms with E-state index in [1.54, 1.807) is 6.33 Å². The average molecular weight is 382 g/mol. The number of morpholine rings is 1. The van der Waals surface area contributed by atoms with Gasteiger partial charge in [0.15, 0.2) is 0 Å². The highest BCUT2D eigenvalue weighted by atomic mass is 16.5. The molecular weight excluding hydrogens is 350 g/mol. The Labute approximate surface area is 166 Å². The van der Waals surface area contributed by atoms with Gasteiger partial charge in [-0.15, -0.1) is 0 Å². The van der Waals surface area contributed by atoms with Crippen LogP contribution in [0.25, 0.3) is 10.9 Å². The summed E-state index contributed by atoms with van der Waals surface area (Å²) in [5.41, 5.74) is 7.65. The van der Waals surface area contributed by atoms with E-state index in [-0.39, 0.29) is 0 Å². The SMILES string of the molecule is Nc1ccc2ncnc(NCC3CCC(N4CCOC5CCCC54)CC3)c2c1. The largest absolute Gasteiger partial charge is 0.399 e. The standard InChI is InChI=1S/C22H31N5O/c23-16-6-9-19-18(12-16)22(26-14-25-19)24-13-15-4-7-17(8-5-15)27-10-11-28-21-3-1-2-20(21)27/h6,9,12,14-15,17,20-21H,1-5,7-8,10-11,13,23H2,(H,24,25,26). The first-order valence-electron chi connectivity index (χ1n) is 10.9. The summed E-state index contributed by atoms with van der Waals surface area (Å²) in [5, 5.41) is 4.59. The zero-order chi connectivity index (χ0) is 18.9. The lowest BCUT2D eigenvalue weighted by Crippen LogP contribution is -2.53. The number of benzene rings is 1. The lowest BCUT2D eigenvalue weighted by atomic mass is 9.84. The minimum atomic E-state index is 0.506. The van der Waals surface area contributed by atoms with Crippen LogP contribution in [-0.2, 0) is 4.74 Å². The van der Waals surface area contributed by atoms with Crippen LogP contribution in [0.5, 0.6) is 0 Å². The highest BCUT2D eigenvalue weighted by Crippen LogP contribution is 2.36. The summed E-state index contributed by atoms with van der Waals surface area (Å²) in [6.07, 6.45) is 11.3. The predicted octanol–water partition coefficient (Wildman–Crippen LogP) is 3.44. The molecule has 1 aromatic heterocycles. The Morgan fingerprint density at radius 2 is 2.00 bits per heavy atom. The minimum Gasteiger partial charge on any atom is -0.399 e. The van der Waals surface area contributed by atoms with E-state index < -0.39 is 0 Å². The molecule has 0 spiro atoms. The third-order valence-electron chi connectivity index (χ3n) is 7.03. The number of nitrogens with zero attached hydrogens (tertiary/aromatic N) is 3. The van der Waals surface area contributed by atoms with Crippen molar-refractivity contribution < 1.29 is 4.74 Å². The lowest BCUT2D eigenvalue weighted by Gasteiger charge is -2.45. The second-order valence-electron chi connectivity index (χ2n) is 8.70. The van der Waals surface area contributed by atoms with Crippen LogP contribution in [0.4, 0.5) is 11.5 Å². The maximum absolute atomic E-state index is 6.00. The number of hydrogen-bond donors (Lipinski definition) is 2. The van der Waals surface area contributed by atoms with E-state index in [9.17, 15) is 0 Å². The van der Waals surface area contributed by atoms with Gasteiger partial charge in [-0.3, -0.25) is 4.90 Å². The Kier molecular flexibility index (Phi) is 5.07. The first-order valence-corrected chi connectivity index (χ1v) is 10.9. The van der Waals surface area contributed by atoms with Gasteiger partial charge in [0.05, 0.1) is 18.2 Å². The maximum atomic E-state index is 6.00. The van der Waals surface area contributed by atoms with E-state index >= 15 is 0 Å². The normalized spacial score (nSPS) is 31.0. The molecule has 2 saturated carbocycles. The van der Waals surface area contributed by atoms with Crippen molar-refractivity contribution in [3.05, 3.63) is 24.5 Å². The molecule has 1 aliphatic heterocycles. The summed E-state index contributed by atoms with van der Waals surface area (Å²) in [6.45, 7) is 3.03. The summed E-state index contributed by atoms with van der Waals surface area (Å²) >= 11 is 0. The first-order chi connectivity index (χ1) is 13.8. The number of rotatable bonds is 4. The smallest absolute Gasteiger partial charge is 0.137 e. The van der Waals surface area contributed by atoms with Gasteiger partial charge in [0.1, 0.15) is 12.1 Å². The summed E-state index contributed by atoms with van der Waals surface area (Å²) in [6, 6.07) is 7.25. The molecule has 5 rings (SSSR count). The van der Waals surface area contributed by atoms with Crippen molar-refractivity contribution in [3.8, 4) is 0 Å². The van der Waals surface area contributed by atoms with Gasteiger partial charge in [-0.05, 0) is 69.1 Å². The fraction of sp³-hybridized carbons (Fsp3) is 0.636. The molecule has 2 atom stereocenters. The van der Waals surface area contributed by atoms with Crippen molar-refractivity contribution in [1.29, 1.82) is 0 Å². The minimum absolute atomic E-state index is 0.506. The average Bonchev–Trinajstić information content (AvgIpc) is 3.22. The maximum Gasteiger partial charge on any atom is 0.137 e. The zero-order valence-electron chi connectivity index (χ0n) is 16.5. The van der Waals surface area contributed by atoms with Crippen molar-refractivity contribution in [3.63, 3.8) is 0 Å². The molecule has 2 heterocycles. The molecule has 2 unspecified atom stereocenters. The summed E-state index contributed by atoms with van der Waals surface area (Å²) in [4.78, 5) is 11.6. The molecule has 150 valence electrons. The Morgan fingerprint density at radius 1 is 1.11 bits per heavy atom. The van der Waals surface area contributed by atoms with Gasteiger partial charge in [0.25, 0.3) is 0 Å². The van der Waals surface area contributed by atoms with Gasteiger partial charge < -0.3 is 15.8 Å². The number of nitrogen functional groups attached to an aromatic ring is 1. The fourth-order valence-corrected chi connectivity index (χ4v) is 5.55. The van der Waals surface area contributed by atoms with Crippen molar-refractivity contribution in [2.45, 2.75) is 63.1 Å². The first kappa shape index (κ1) is 18.1. The van der Waals surface area contributed by atoms with Gasteiger partial charge in [-0.25, -0.2) is 9.97 Å².